The number of benzene rings is 2. The number of halogens is 3. The molecule has 36 heavy (non-hydrogen) atoms. The molecule has 2 aromatic rings. The Kier molecular flexibility index (Phi) is 8.82. The topological polar surface area (TPSA) is 64.9 Å². The molecule has 0 fully saturated rings. The van der Waals surface area contributed by atoms with Crippen molar-refractivity contribution in [3.63, 3.8) is 0 Å². The maximum atomic E-state index is 15.0. The second-order valence-corrected chi connectivity index (χ2v) is 10.4. The summed E-state index contributed by atoms with van der Waals surface area (Å²) in [6, 6.07) is 9.07. The summed E-state index contributed by atoms with van der Waals surface area (Å²) in [5, 5.41) is 18.6. The van der Waals surface area contributed by atoms with E-state index in [9.17, 15) is 23.1 Å². The quantitative estimate of drug-likeness (QED) is 0.381. The molecule has 8 heteroatoms. The molecule has 1 aliphatic rings. The second kappa shape index (κ2) is 11.5. The summed E-state index contributed by atoms with van der Waals surface area (Å²) < 4.78 is 42.4. The van der Waals surface area contributed by atoms with Crippen molar-refractivity contribution in [2.45, 2.75) is 65.3 Å². The van der Waals surface area contributed by atoms with E-state index in [1.807, 2.05) is 20.8 Å². The maximum absolute atomic E-state index is 15.0. The summed E-state index contributed by atoms with van der Waals surface area (Å²) in [7, 11) is 0. The minimum atomic E-state index is -1.30. The number of hydrogen-bond donors (Lipinski definition) is 2. The predicted molar refractivity (Wildman–Crippen MR) is 136 cm³/mol. The minimum Gasteiger partial charge on any atom is -0.396 e. The first-order valence-corrected chi connectivity index (χ1v) is 12.5. The Labute approximate surface area is 211 Å². The number of unbranched alkanes of at least 4 members (excludes halogenated alkanes) is 1. The molecule has 0 aromatic heterocycles. The van der Waals surface area contributed by atoms with Crippen LogP contribution in [0, 0.1) is 28.8 Å². The van der Waals surface area contributed by atoms with Crippen LogP contribution in [0.1, 0.15) is 65.4 Å². The van der Waals surface area contributed by atoms with Gasteiger partial charge in [-0.2, -0.15) is 5.10 Å². The van der Waals surface area contributed by atoms with Crippen molar-refractivity contribution in [2.24, 2.45) is 16.4 Å². The van der Waals surface area contributed by atoms with Crippen LogP contribution in [-0.2, 0) is 4.79 Å². The zero-order chi connectivity index (χ0) is 26.5. The van der Waals surface area contributed by atoms with Crippen molar-refractivity contribution in [2.75, 3.05) is 18.2 Å². The van der Waals surface area contributed by atoms with Gasteiger partial charge in [0.15, 0.2) is 5.82 Å². The highest BCUT2D eigenvalue weighted by atomic mass is 19.1. The summed E-state index contributed by atoms with van der Waals surface area (Å²) in [6.07, 6.45) is 3.66. The summed E-state index contributed by atoms with van der Waals surface area (Å²) >= 11 is 0. The molecule has 1 heterocycles. The minimum absolute atomic E-state index is 0.00549. The van der Waals surface area contributed by atoms with Gasteiger partial charge in [0.1, 0.15) is 17.2 Å². The van der Waals surface area contributed by atoms with Crippen LogP contribution in [-0.4, -0.2) is 35.4 Å². The highest BCUT2D eigenvalue weighted by Crippen LogP contribution is 2.42. The van der Waals surface area contributed by atoms with Gasteiger partial charge in [-0.15, -0.1) is 0 Å². The van der Waals surface area contributed by atoms with Crippen LogP contribution in [0.3, 0.4) is 0 Å². The van der Waals surface area contributed by atoms with Crippen molar-refractivity contribution < 1.29 is 23.1 Å². The zero-order valence-corrected chi connectivity index (χ0v) is 21.5. The number of aliphatic hydroxyl groups is 1. The molecular weight excluding hydrogens is 467 g/mol. The molecule has 1 amide bonds. The second-order valence-electron chi connectivity index (χ2n) is 10.4. The fourth-order valence-electron chi connectivity index (χ4n) is 4.64. The van der Waals surface area contributed by atoms with Gasteiger partial charge in [-0.1, -0.05) is 45.7 Å². The Balaban J connectivity index is 2.01. The van der Waals surface area contributed by atoms with Crippen LogP contribution < -0.4 is 10.3 Å². The van der Waals surface area contributed by atoms with Crippen molar-refractivity contribution in [3.8, 4) is 0 Å². The van der Waals surface area contributed by atoms with Gasteiger partial charge in [-0.25, -0.2) is 18.2 Å². The number of aliphatic hydroxyl groups excluding tert-OH is 1. The largest absolute Gasteiger partial charge is 0.396 e. The average molecular weight is 504 g/mol. The number of amides is 1. The summed E-state index contributed by atoms with van der Waals surface area (Å²) in [4.78, 5) is 13.8. The van der Waals surface area contributed by atoms with E-state index in [0.29, 0.717) is 37.1 Å². The summed E-state index contributed by atoms with van der Waals surface area (Å²) in [5.41, 5.74) is -0.357. The third-order valence-electron chi connectivity index (χ3n) is 6.98. The normalized spacial score (nSPS) is 19.9. The van der Waals surface area contributed by atoms with E-state index in [2.05, 4.69) is 5.32 Å². The first-order valence-electron chi connectivity index (χ1n) is 12.5. The smallest absolute Gasteiger partial charge is 0.248 e. The van der Waals surface area contributed by atoms with E-state index in [-0.39, 0.29) is 23.6 Å². The van der Waals surface area contributed by atoms with Crippen LogP contribution in [0.25, 0.3) is 0 Å². The molecule has 0 saturated carbocycles. The van der Waals surface area contributed by atoms with Gasteiger partial charge in [0.2, 0.25) is 5.91 Å². The van der Waals surface area contributed by atoms with Crippen LogP contribution in [0.15, 0.2) is 47.6 Å². The van der Waals surface area contributed by atoms with E-state index in [0.717, 1.165) is 25.0 Å². The molecule has 3 rings (SSSR count). The average Bonchev–Trinajstić information content (AvgIpc) is 3.14. The number of nitrogens with one attached hydrogen (secondary N) is 1. The van der Waals surface area contributed by atoms with Gasteiger partial charge in [-0.05, 0) is 61.4 Å². The van der Waals surface area contributed by atoms with E-state index < -0.39 is 28.9 Å². The Bertz CT molecular complexity index is 1090. The lowest BCUT2D eigenvalue weighted by molar-refractivity contribution is -0.126. The van der Waals surface area contributed by atoms with Crippen LogP contribution in [0.4, 0.5) is 18.9 Å². The number of hydrazone groups is 1. The molecule has 2 aromatic carbocycles. The Morgan fingerprint density at radius 1 is 1.11 bits per heavy atom. The molecule has 0 saturated heterocycles. The molecule has 2 N–H and O–H groups in total. The standard InChI is InChI=1S/C28H36F3N3O2/c1-5-6-8-22-25(19-9-11-20(29)12-10-19)33-34(24-14-13-21(30)17-23(24)31)28(22,4)26(36)32-16-7-15-27(2,3)18-35/h9-14,17,22,35H,5-8,15-16,18H2,1-4H3,(H,32,36). The van der Waals surface area contributed by atoms with E-state index in [4.69, 9.17) is 5.10 Å². The van der Waals surface area contributed by atoms with E-state index >= 15 is 0 Å². The predicted octanol–water partition coefficient (Wildman–Crippen LogP) is 5.81. The van der Waals surface area contributed by atoms with Gasteiger partial charge in [0.25, 0.3) is 0 Å². The molecule has 2 unspecified atom stereocenters. The summed E-state index contributed by atoms with van der Waals surface area (Å²) in [5.74, 6) is -2.68. The molecule has 196 valence electrons. The van der Waals surface area contributed by atoms with Gasteiger partial charge in [0.05, 0.1) is 11.4 Å². The third-order valence-corrected chi connectivity index (χ3v) is 6.98. The van der Waals surface area contributed by atoms with Crippen molar-refractivity contribution in [3.05, 3.63) is 65.5 Å². The number of rotatable bonds is 11. The molecule has 1 aliphatic heterocycles. The first-order chi connectivity index (χ1) is 17.0. The lowest BCUT2D eigenvalue weighted by atomic mass is 9.77. The van der Waals surface area contributed by atoms with Crippen LogP contribution in [0.2, 0.25) is 0 Å². The van der Waals surface area contributed by atoms with Gasteiger partial charge >= 0.3 is 0 Å². The van der Waals surface area contributed by atoms with Gasteiger partial charge in [0, 0.05) is 25.1 Å². The molecule has 0 spiro atoms. The maximum Gasteiger partial charge on any atom is 0.248 e. The molecule has 5 nitrogen and oxygen atoms in total. The molecular formula is C28H36F3N3O2. The molecule has 2 atom stereocenters. The lowest BCUT2D eigenvalue weighted by Crippen LogP contribution is -2.58. The highest BCUT2D eigenvalue weighted by Gasteiger charge is 2.54. The van der Waals surface area contributed by atoms with Crippen molar-refractivity contribution >= 4 is 17.3 Å². The fraction of sp³-hybridized carbons (Fsp3) is 0.500. The van der Waals surface area contributed by atoms with Gasteiger partial charge in [-0.3, -0.25) is 4.79 Å². The number of carbonyl (C=O) groups is 1. The summed E-state index contributed by atoms with van der Waals surface area (Å²) in [6.45, 7) is 8.10. The number of carbonyl (C=O) groups excluding carboxylic acids is 1. The molecule has 0 radical (unpaired) electrons. The van der Waals surface area contributed by atoms with Crippen LogP contribution >= 0.6 is 0 Å². The number of anilines is 1. The van der Waals surface area contributed by atoms with Crippen LogP contribution in [0.5, 0.6) is 0 Å². The lowest BCUT2D eigenvalue weighted by Gasteiger charge is -2.38. The van der Waals surface area contributed by atoms with Crippen molar-refractivity contribution in [1.29, 1.82) is 0 Å². The Hall–Kier alpha value is -2.87. The molecule has 0 aliphatic carbocycles. The Morgan fingerprint density at radius 2 is 1.78 bits per heavy atom. The Morgan fingerprint density at radius 3 is 2.39 bits per heavy atom. The van der Waals surface area contributed by atoms with Crippen molar-refractivity contribution in [1.82, 2.24) is 5.32 Å². The van der Waals surface area contributed by atoms with E-state index in [1.54, 1.807) is 19.1 Å². The fourth-order valence-corrected chi connectivity index (χ4v) is 4.64. The SMILES string of the molecule is CCCCC1C(c2ccc(F)cc2)=NN(c2ccc(F)cc2F)C1(C)C(=O)NCCCC(C)(C)CO. The third kappa shape index (κ3) is 5.91. The van der Waals surface area contributed by atoms with Gasteiger partial charge < -0.3 is 10.4 Å². The van der Waals surface area contributed by atoms with E-state index in [1.165, 1.54) is 23.2 Å². The first kappa shape index (κ1) is 27.7. The number of hydrogen-bond acceptors (Lipinski definition) is 4. The monoisotopic (exact) mass is 503 g/mol. The highest BCUT2D eigenvalue weighted by molar-refractivity contribution is 6.10. The number of nitrogens with zero attached hydrogens (tertiary/aromatic N) is 2. The zero-order valence-electron chi connectivity index (χ0n) is 21.5. The molecule has 0 bridgehead atoms.